The topological polar surface area (TPSA) is 59.0 Å². The van der Waals surface area contributed by atoms with Crippen LogP contribution < -0.4 is 14.4 Å². The highest BCUT2D eigenvalue weighted by molar-refractivity contribution is 5.89. The Balaban J connectivity index is 1.76. The number of amides is 1. The summed E-state index contributed by atoms with van der Waals surface area (Å²) in [6.07, 6.45) is 0.801. The number of hydrogen-bond acceptors (Lipinski definition) is 4. The highest BCUT2D eigenvalue weighted by Crippen LogP contribution is 2.44. The molecule has 1 heterocycles. The third-order valence-electron chi connectivity index (χ3n) is 4.32. The van der Waals surface area contributed by atoms with Crippen LogP contribution >= 0.6 is 0 Å². The van der Waals surface area contributed by atoms with Gasteiger partial charge in [0.2, 0.25) is 13.2 Å². The molecule has 4 rings (SSSR count). The predicted molar refractivity (Wildman–Crippen MR) is 98.4 cm³/mol. The third kappa shape index (κ3) is 2.95. The maximum atomic E-state index is 11.8. The van der Waals surface area contributed by atoms with E-state index in [0.29, 0.717) is 29.3 Å². The predicted octanol–water partition coefficient (Wildman–Crippen LogP) is 3.95. The van der Waals surface area contributed by atoms with Gasteiger partial charge < -0.3 is 19.5 Å². The molecule has 0 saturated heterocycles. The Hall–Kier alpha value is -3.47. The van der Waals surface area contributed by atoms with E-state index < -0.39 is 0 Å². The van der Waals surface area contributed by atoms with E-state index >= 15 is 0 Å². The second kappa shape index (κ2) is 6.80. The van der Waals surface area contributed by atoms with Crippen molar-refractivity contribution in [3.63, 3.8) is 0 Å². The molecular weight excluding hydrogens is 330 g/mol. The zero-order chi connectivity index (χ0) is 17.9. The number of nitrogens with zero attached hydrogens (tertiary/aromatic N) is 1. The van der Waals surface area contributed by atoms with Crippen molar-refractivity contribution in [2.75, 3.05) is 11.7 Å². The molecule has 0 aromatic heterocycles. The van der Waals surface area contributed by atoms with Crippen molar-refractivity contribution in [2.24, 2.45) is 0 Å². The minimum absolute atomic E-state index is 0.0762. The number of ether oxygens (including phenoxy) is 2. The van der Waals surface area contributed by atoms with Crippen molar-refractivity contribution in [1.29, 1.82) is 0 Å². The average Bonchev–Trinajstić information content (AvgIpc) is 3.13. The van der Waals surface area contributed by atoms with Gasteiger partial charge in [0.05, 0.1) is 12.2 Å². The minimum Gasteiger partial charge on any atom is -0.507 e. The van der Waals surface area contributed by atoms with Crippen molar-refractivity contribution in [1.82, 2.24) is 0 Å². The normalized spacial score (nSPS) is 12.0. The van der Waals surface area contributed by atoms with Crippen molar-refractivity contribution < 1.29 is 19.4 Å². The van der Waals surface area contributed by atoms with Gasteiger partial charge in [-0.2, -0.15) is 0 Å². The number of carbonyl (C=O) groups excluding carboxylic acids is 1. The molecule has 0 bridgehead atoms. The smallest absolute Gasteiger partial charge is 0.231 e. The molecule has 1 aliphatic heterocycles. The molecule has 0 unspecified atom stereocenters. The molecule has 1 aliphatic rings. The van der Waals surface area contributed by atoms with Crippen molar-refractivity contribution in [3.05, 3.63) is 72.3 Å². The molecule has 26 heavy (non-hydrogen) atoms. The van der Waals surface area contributed by atoms with E-state index in [1.807, 2.05) is 54.6 Å². The molecule has 0 fully saturated rings. The van der Waals surface area contributed by atoms with Crippen LogP contribution in [-0.4, -0.2) is 18.3 Å². The zero-order valence-electron chi connectivity index (χ0n) is 14.0. The second-order valence-electron chi connectivity index (χ2n) is 5.96. The molecule has 5 heteroatoms. The minimum atomic E-state index is 0.0762. The maximum Gasteiger partial charge on any atom is 0.231 e. The summed E-state index contributed by atoms with van der Waals surface area (Å²) < 4.78 is 10.7. The Bertz CT molecular complexity index is 940. The van der Waals surface area contributed by atoms with Crippen LogP contribution in [0.25, 0.3) is 11.1 Å². The molecule has 0 spiro atoms. The number of phenolic OH excluding ortho intramolecular Hbond substituents is 1. The Morgan fingerprint density at radius 1 is 0.923 bits per heavy atom. The highest BCUT2D eigenvalue weighted by atomic mass is 16.7. The highest BCUT2D eigenvalue weighted by Gasteiger charge is 2.20. The molecule has 0 radical (unpaired) electrons. The summed E-state index contributed by atoms with van der Waals surface area (Å²) in [5, 5.41) is 10.5. The Kier molecular flexibility index (Phi) is 4.19. The summed E-state index contributed by atoms with van der Waals surface area (Å²) >= 11 is 0. The van der Waals surface area contributed by atoms with Crippen LogP contribution in [0.2, 0.25) is 0 Å². The standard InChI is InChI=1S/C21H17NO4/c23-13-22(12-15-6-2-1-3-7-15)18-9-5-4-8-16(18)17-10-20-21(11-19(17)24)26-14-25-20/h1-11,13,24H,12,14H2. The van der Waals surface area contributed by atoms with Crippen LogP contribution in [0.3, 0.4) is 0 Å². The van der Waals surface area contributed by atoms with Gasteiger partial charge in [-0.3, -0.25) is 4.79 Å². The summed E-state index contributed by atoms with van der Waals surface area (Å²) in [5.74, 6) is 1.17. The van der Waals surface area contributed by atoms with Gasteiger partial charge in [0, 0.05) is 17.2 Å². The summed E-state index contributed by atoms with van der Waals surface area (Å²) in [4.78, 5) is 13.4. The van der Waals surface area contributed by atoms with Crippen LogP contribution in [0.4, 0.5) is 5.69 Å². The van der Waals surface area contributed by atoms with Gasteiger partial charge in [0.1, 0.15) is 5.75 Å². The molecule has 5 nitrogen and oxygen atoms in total. The summed E-state index contributed by atoms with van der Waals surface area (Å²) in [7, 11) is 0. The van der Waals surface area contributed by atoms with Gasteiger partial charge in [0.25, 0.3) is 0 Å². The lowest BCUT2D eigenvalue weighted by atomic mass is 10.0. The lowest BCUT2D eigenvalue weighted by Crippen LogP contribution is -2.21. The van der Waals surface area contributed by atoms with E-state index in [1.165, 1.54) is 6.07 Å². The Morgan fingerprint density at radius 3 is 2.38 bits per heavy atom. The van der Waals surface area contributed by atoms with Gasteiger partial charge in [-0.25, -0.2) is 0 Å². The molecular formula is C21H17NO4. The second-order valence-corrected chi connectivity index (χ2v) is 5.96. The van der Waals surface area contributed by atoms with E-state index in [0.717, 1.165) is 17.5 Å². The SMILES string of the molecule is O=CN(Cc1ccccc1)c1ccccc1-c1cc2c(cc1O)OCO2. The molecule has 0 aliphatic carbocycles. The first-order chi connectivity index (χ1) is 12.8. The summed E-state index contributed by atoms with van der Waals surface area (Å²) in [6, 6.07) is 20.5. The first-order valence-electron chi connectivity index (χ1n) is 8.24. The Labute approximate surface area is 151 Å². The van der Waals surface area contributed by atoms with Gasteiger partial charge in [-0.15, -0.1) is 0 Å². The lowest BCUT2D eigenvalue weighted by molar-refractivity contribution is -0.107. The number of para-hydroxylation sites is 1. The zero-order valence-corrected chi connectivity index (χ0v) is 14.0. The summed E-state index contributed by atoms with van der Waals surface area (Å²) in [6.45, 7) is 0.570. The Morgan fingerprint density at radius 2 is 1.62 bits per heavy atom. The van der Waals surface area contributed by atoms with Crippen LogP contribution in [0.1, 0.15) is 5.56 Å². The van der Waals surface area contributed by atoms with Crippen LogP contribution in [0, 0.1) is 0 Å². The number of anilines is 1. The fourth-order valence-electron chi connectivity index (χ4n) is 3.06. The number of aromatic hydroxyl groups is 1. The van der Waals surface area contributed by atoms with Crippen molar-refractivity contribution in [3.8, 4) is 28.4 Å². The molecule has 1 N–H and O–H groups in total. The quantitative estimate of drug-likeness (QED) is 0.710. The number of rotatable bonds is 5. The van der Waals surface area contributed by atoms with E-state index in [4.69, 9.17) is 9.47 Å². The number of benzene rings is 3. The monoisotopic (exact) mass is 347 g/mol. The first-order valence-corrected chi connectivity index (χ1v) is 8.24. The van der Waals surface area contributed by atoms with E-state index in [9.17, 15) is 9.90 Å². The van der Waals surface area contributed by atoms with Crippen LogP contribution in [-0.2, 0) is 11.3 Å². The van der Waals surface area contributed by atoms with Crippen molar-refractivity contribution in [2.45, 2.75) is 6.54 Å². The molecule has 3 aromatic rings. The van der Waals surface area contributed by atoms with E-state index in [1.54, 1.807) is 11.0 Å². The molecule has 1 amide bonds. The fraction of sp³-hybridized carbons (Fsp3) is 0.0952. The van der Waals surface area contributed by atoms with Crippen LogP contribution in [0.15, 0.2) is 66.7 Å². The van der Waals surface area contributed by atoms with Crippen LogP contribution in [0.5, 0.6) is 17.2 Å². The maximum absolute atomic E-state index is 11.8. The largest absolute Gasteiger partial charge is 0.507 e. The molecule has 0 atom stereocenters. The number of hydrogen-bond donors (Lipinski definition) is 1. The average molecular weight is 347 g/mol. The summed E-state index contributed by atoms with van der Waals surface area (Å²) in [5.41, 5.74) is 3.06. The van der Waals surface area contributed by atoms with Gasteiger partial charge >= 0.3 is 0 Å². The molecule has 3 aromatic carbocycles. The van der Waals surface area contributed by atoms with Gasteiger partial charge in [-0.1, -0.05) is 48.5 Å². The lowest BCUT2D eigenvalue weighted by Gasteiger charge is -2.21. The van der Waals surface area contributed by atoms with Gasteiger partial charge in [-0.05, 0) is 17.7 Å². The van der Waals surface area contributed by atoms with Crippen molar-refractivity contribution >= 4 is 12.1 Å². The molecule has 130 valence electrons. The van der Waals surface area contributed by atoms with Gasteiger partial charge in [0.15, 0.2) is 11.5 Å². The first kappa shape index (κ1) is 16.0. The third-order valence-corrected chi connectivity index (χ3v) is 4.32. The number of carbonyl (C=O) groups is 1. The number of phenols is 1. The fourth-order valence-corrected chi connectivity index (χ4v) is 3.06. The van der Waals surface area contributed by atoms with E-state index in [-0.39, 0.29) is 12.5 Å². The number of fused-ring (bicyclic) bond motifs is 1. The van der Waals surface area contributed by atoms with E-state index in [2.05, 4.69) is 0 Å². The molecule has 0 saturated carbocycles.